The Balaban J connectivity index is 2.29. The van der Waals surface area contributed by atoms with E-state index >= 15 is 0 Å². The smallest absolute Gasteiger partial charge is 0.0801 e. The number of nitrogens with two attached hydrogens (primary N) is 1. The largest absolute Gasteiger partial charge is 0.372 e. The van der Waals surface area contributed by atoms with E-state index in [9.17, 15) is 0 Å². The molecule has 1 aromatic carbocycles. The summed E-state index contributed by atoms with van der Waals surface area (Å²) < 4.78 is 5.71. The molecule has 1 aliphatic rings. The fraction of sp³-hybridized carbons (Fsp3) is 0.538. The van der Waals surface area contributed by atoms with Crippen molar-refractivity contribution >= 4 is 17.3 Å². The van der Waals surface area contributed by atoms with Gasteiger partial charge in [-0.1, -0.05) is 17.7 Å². The standard InChI is InChI=1S/C13H19ClN2O/c1-13(2)9-16(5-6-17-13)12-7-11(14)4-3-10(12)8-15/h3-4,7H,5-6,8-9,15H2,1-2H3. The minimum Gasteiger partial charge on any atom is -0.372 e. The molecule has 0 unspecified atom stereocenters. The van der Waals surface area contributed by atoms with E-state index in [-0.39, 0.29) is 5.60 Å². The van der Waals surface area contributed by atoms with Gasteiger partial charge in [-0.3, -0.25) is 0 Å². The normalized spacial score (nSPS) is 19.4. The predicted octanol–water partition coefficient (Wildman–Crippen LogP) is 2.41. The molecular weight excluding hydrogens is 236 g/mol. The molecule has 0 spiro atoms. The summed E-state index contributed by atoms with van der Waals surface area (Å²) in [6.45, 7) is 7.22. The average molecular weight is 255 g/mol. The van der Waals surface area contributed by atoms with Gasteiger partial charge in [0.1, 0.15) is 0 Å². The zero-order chi connectivity index (χ0) is 12.5. The maximum absolute atomic E-state index is 6.07. The van der Waals surface area contributed by atoms with Crippen molar-refractivity contribution < 1.29 is 4.74 Å². The first-order chi connectivity index (χ1) is 8.02. The summed E-state index contributed by atoms with van der Waals surface area (Å²) in [5.41, 5.74) is 7.92. The molecule has 0 aromatic heterocycles. The molecule has 1 aromatic rings. The lowest BCUT2D eigenvalue weighted by Crippen LogP contribution is -2.48. The third kappa shape index (κ3) is 2.92. The molecule has 3 nitrogen and oxygen atoms in total. The van der Waals surface area contributed by atoms with Crippen LogP contribution in [0.25, 0.3) is 0 Å². The highest BCUT2D eigenvalue weighted by molar-refractivity contribution is 6.30. The van der Waals surface area contributed by atoms with Gasteiger partial charge in [0, 0.05) is 30.3 Å². The van der Waals surface area contributed by atoms with E-state index in [0.717, 1.165) is 36.0 Å². The van der Waals surface area contributed by atoms with Gasteiger partial charge in [0.15, 0.2) is 0 Å². The Morgan fingerprint density at radius 3 is 2.88 bits per heavy atom. The molecule has 0 radical (unpaired) electrons. The van der Waals surface area contributed by atoms with E-state index < -0.39 is 0 Å². The molecule has 0 aliphatic carbocycles. The number of rotatable bonds is 2. The third-order valence-electron chi connectivity index (χ3n) is 3.03. The van der Waals surface area contributed by atoms with Gasteiger partial charge in [-0.25, -0.2) is 0 Å². The number of ether oxygens (including phenoxy) is 1. The van der Waals surface area contributed by atoms with Crippen molar-refractivity contribution in [3.63, 3.8) is 0 Å². The van der Waals surface area contributed by atoms with Gasteiger partial charge in [0.2, 0.25) is 0 Å². The zero-order valence-corrected chi connectivity index (χ0v) is 11.1. The van der Waals surface area contributed by atoms with Gasteiger partial charge in [0.05, 0.1) is 12.2 Å². The Kier molecular flexibility index (Phi) is 3.61. The molecule has 0 amide bonds. The van der Waals surface area contributed by atoms with E-state index in [2.05, 4.69) is 18.7 Å². The molecule has 1 heterocycles. The quantitative estimate of drug-likeness (QED) is 0.881. The first kappa shape index (κ1) is 12.7. The Hall–Kier alpha value is -0.770. The summed E-state index contributed by atoms with van der Waals surface area (Å²) in [7, 11) is 0. The summed E-state index contributed by atoms with van der Waals surface area (Å²) >= 11 is 6.07. The van der Waals surface area contributed by atoms with Gasteiger partial charge in [-0.2, -0.15) is 0 Å². The van der Waals surface area contributed by atoms with Crippen molar-refractivity contribution in [2.75, 3.05) is 24.6 Å². The zero-order valence-electron chi connectivity index (χ0n) is 10.4. The molecule has 1 saturated heterocycles. The van der Waals surface area contributed by atoms with E-state index in [1.165, 1.54) is 0 Å². The monoisotopic (exact) mass is 254 g/mol. The summed E-state index contributed by atoms with van der Waals surface area (Å²) in [4.78, 5) is 2.30. The summed E-state index contributed by atoms with van der Waals surface area (Å²) in [6, 6.07) is 5.88. The highest BCUT2D eigenvalue weighted by atomic mass is 35.5. The molecule has 1 aliphatic heterocycles. The fourth-order valence-corrected chi connectivity index (χ4v) is 2.39. The topological polar surface area (TPSA) is 38.5 Å². The molecule has 17 heavy (non-hydrogen) atoms. The van der Waals surface area contributed by atoms with Crippen LogP contribution < -0.4 is 10.6 Å². The van der Waals surface area contributed by atoms with Crippen LogP contribution in [0.4, 0.5) is 5.69 Å². The van der Waals surface area contributed by atoms with Crippen molar-refractivity contribution in [3.05, 3.63) is 28.8 Å². The van der Waals surface area contributed by atoms with Gasteiger partial charge in [-0.15, -0.1) is 0 Å². The minimum atomic E-state index is -0.119. The van der Waals surface area contributed by atoms with E-state index in [0.29, 0.717) is 6.54 Å². The number of nitrogens with zero attached hydrogens (tertiary/aromatic N) is 1. The number of morpholine rings is 1. The van der Waals surface area contributed by atoms with Crippen LogP contribution >= 0.6 is 11.6 Å². The van der Waals surface area contributed by atoms with Gasteiger partial charge < -0.3 is 15.4 Å². The Bertz CT molecular complexity index is 406. The first-order valence-electron chi connectivity index (χ1n) is 5.89. The Morgan fingerprint density at radius 2 is 2.24 bits per heavy atom. The highest BCUT2D eigenvalue weighted by Gasteiger charge is 2.28. The maximum atomic E-state index is 6.07. The van der Waals surface area contributed by atoms with Crippen LogP contribution in [0, 0.1) is 0 Å². The first-order valence-corrected chi connectivity index (χ1v) is 6.27. The maximum Gasteiger partial charge on any atom is 0.0801 e. The van der Waals surface area contributed by atoms with Crippen LogP contribution in [0.2, 0.25) is 5.02 Å². The van der Waals surface area contributed by atoms with E-state index in [1.54, 1.807) is 0 Å². The van der Waals surface area contributed by atoms with Crippen LogP contribution in [-0.2, 0) is 11.3 Å². The molecule has 0 atom stereocenters. The van der Waals surface area contributed by atoms with Gasteiger partial charge in [-0.05, 0) is 31.5 Å². The second-order valence-corrected chi connectivity index (χ2v) is 5.44. The van der Waals surface area contributed by atoms with Crippen molar-refractivity contribution in [3.8, 4) is 0 Å². The van der Waals surface area contributed by atoms with Gasteiger partial charge in [0.25, 0.3) is 0 Å². The lowest BCUT2D eigenvalue weighted by Gasteiger charge is -2.40. The van der Waals surface area contributed by atoms with Crippen LogP contribution in [0.1, 0.15) is 19.4 Å². The van der Waals surface area contributed by atoms with Gasteiger partial charge >= 0.3 is 0 Å². The fourth-order valence-electron chi connectivity index (χ4n) is 2.23. The molecule has 1 fully saturated rings. The lowest BCUT2D eigenvalue weighted by atomic mass is 10.1. The van der Waals surface area contributed by atoms with Crippen molar-refractivity contribution in [1.82, 2.24) is 0 Å². The van der Waals surface area contributed by atoms with Crippen molar-refractivity contribution in [2.24, 2.45) is 5.73 Å². The lowest BCUT2D eigenvalue weighted by molar-refractivity contribution is -0.0277. The van der Waals surface area contributed by atoms with Crippen LogP contribution in [0.15, 0.2) is 18.2 Å². The molecular formula is C13H19ClN2O. The summed E-state index contributed by atoms with van der Waals surface area (Å²) in [5, 5.41) is 0.751. The molecule has 4 heteroatoms. The second-order valence-electron chi connectivity index (χ2n) is 5.01. The number of halogens is 1. The summed E-state index contributed by atoms with van der Waals surface area (Å²) in [6.07, 6.45) is 0. The molecule has 0 saturated carbocycles. The highest BCUT2D eigenvalue weighted by Crippen LogP contribution is 2.28. The molecule has 0 bridgehead atoms. The van der Waals surface area contributed by atoms with E-state index in [4.69, 9.17) is 22.1 Å². The Morgan fingerprint density at radius 1 is 1.47 bits per heavy atom. The number of anilines is 1. The van der Waals surface area contributed by atoms with Crippen LogP contribution in [0.3, 0.4) is 0 Å². The Labute approximate surface area is 107 Å². The number of benzene rings is 1. The predicted molar refractivity (Wildman–Crippen MR) is 71.6 cm³/mol. The SMILES string of the molecule is CC1(C)CN(c2cc(Cl)ccc2CN)CCO1. The molecule has 2 N–H and O–H groups in total. The van der Waals surface area contributed by atoms with Crippen LogP contribution in [-0.4, -0.2) is 25.3 Å². The number of hydrogen-bond donors (Lipinski definition) is 1. The average Bonchev–Trinajstić information content (AvgIpc) is 2.27. The molecule has 94 valence electrons. The second kappa shape index (κ2) is 4.84. The minimum absolute atomic E-state index is 0.119. The van der Waals surface area contributed by atoms with Crippen molar-refractivity contribution in [1.29, 1.82) is 0 Å². The number of hydrogen-bond acceptors (Lipinski definition) is 3. The summed E-state index contributed by atoms with van der Waals surface area (Å²) in [5.74, 6) is 0. The third-order valence-corrected chi connectivity index (χ3v) is 3.27. The van der Waals surface area contributed by atoms with Crippen molar-refractivity contribution in [2.45, 2.75) is 26.0 Å². The molecule has 2 rings (SSSR count). The van der Waals surface area contributed by atoms with E-state index in [1.807, 2.05) is 18.2 Å². The van der Waals surface area contributed by atoms with Crippen LogP contribution in [0.5, 0.6) is 0 Å².